The highest BCUT2D eigenvalue weighted by molar-refractivity contribution is 8.68. The van der Waals surface area contributed by atoms with Gasteiger partial charge in [-0.3, -0.25) is 0 Å². The van der Waals surface area contributed by atoms with Crippen LogP contribution in [0.15, 0.2) is 11.2 Å². The molecule has 0 fully saturated rings. The minimum atomic E-state index is -2.43. The van der Waals surface area contributed by atoms with E-state index in [4.69, 9.17) is 49.3 Å². The zero-order chi connectivity index (χ0) is 15.2. The molecule has 1 N–H and O–H groups in total. The van der Waals surface area contributed by atoms with Crippen molar-refractivity contribution in [1.29, 1.82) is 0 Å². The molecule has 10 heteroatoms. The zero-order valence-corrected chi connectivity index (χ0v) is 15.7. The maximum Gasteiger partial charge on any atom is 0.247 e. The van der Waals surface area contributed by atoms with E-state index in [1.165, 1.54) is 22.7 Å². The molecule has 0 amide bonds. The van der Waals surface area contributed by atoms with Crippen LogP contribution in [0.5, 0.6) is 0 Å². The summed E-state index contributed by atoms with van der Waals surface area (Å²) in [6, 6.07) is 1.66. The third-order valence-corrected chi connectivity index (χ3v) is 8.93. The lowest BCUT2D eigenvalue weighted by molar-refractivity contribution is 0.280. The quantitative estimate of drug-likeness (QED) is 0.282. The molecule has 1 aromatic rings. The number of rotatable bonds is 8. The Kier molecular flexibility index (Phi) is 8.38. The molecule has 0 aliphatic heterocycles. The molecule has 1 aromatic heterocycles. The van der Waals surface area contributed by atoms with Crippen molar-refractivity contribution in [3.05, 3.63) is 20.3 Å². The van der Waals surface area contributed by atoms with Crippen LogP contribution in [0.4, 0.5) is 0 Å². The van der Waals surface area contributed by atoms with Gasteiger partial charge in [-0.1, -0.05) is 39.7 Å². The fraction of sp³-hybridized carbons (Fsp3) is 0.500. The normalized spacial score (nSPS) is 12.9. The van der Waals surface area contributed by atoms with E-state index in [0.29, 0.717) is 38.9 Å². The van der Waals surface area contributed by atoms with Crippen molar-refractivity contribution in [2.45, 2.75) is 13.8 Å². The number of hydrogen-bond acceptors (Lipinski definition) is 7. The summed E-state index contributed by atoms with van der Waals surface area (Å²) in [6.45, 7) is 4.66. The van der Waals surface area contributed by atoms with Crippen molar-refractivity contribution in [1.82, 2.24) is 0 Å². The van der Waals surface area contributed by atoms with Gasteiger partial charge in [-0.15, -0.1) is 11.3 Å². The van der Waals surface area contributed by atoms with Gasteiger partial charge >= 0.3 is 0 Å². The van der Waals surface area contributed by atoms with Gasteiger partial charge < -0.3 is 14.3 Å². The highest BCUT2D eigenvalue weighted by Gasteiger charge is 2.22. The van der Waals surface area contributed by atoms with Gasteiger partial charge in [-0.2, -0.15) is 0 Å². The van der Waals surface area contributed by atoms with E-state index in [1.54, 1.807) is 6.07 Å². The Balaban J connectivity index is 2.80. The van der Waals surface area contributed by atoms with Crippen molar-refractivity contribution >= 4 is 69.1 Å². The summed E-state index contributed by atoms with van der Waals surface area (Å²) in [5.41, 5.74) is -1.43. The minimum absolute atomic E-state index is 0.334. The molecule has 0 atom stereocenters. The van der Waals surface area contributed by atoms with Crippen molar-refractivity contribution in [2.75, 3.05) is 19.0 Å². The molecule has 0 saturated heterocycles. The van der Waals surface area contributed by atoms with Gasteiger partial charge in [-0.25, -0.2) is 0 Å². The molecule has 0 aliphatic rings. The van der Waals surface area contributed by atoms with Crippen LogP contribution in [-0.2, 0) is 20.9 Å². The Bertz CT molecular complexity index is 514. The molecule has 1 heterocycles. The van der Waals surface area contributed by atoms with Gasteiger partial charge in [0.1, 0.15) is 4.34 Å². The predicted octanol–water partition coefficient (Wildman–Crippen LogP) is 5.26. The zero-order valence-electron chi connectivity index (χ0n) is 10.8. The Morgan fingerprint density at radius 1 is 1.45 bits per heavy atom. The van der Waals surface area contributed by atoms with E-state index in [2.05, 4.69) is 5.16 Å². The summed E-state index contributed by atoms with van der Waals surface area (Å²) >= 11 is 19.8. The summed E-state index contributed by atoms with van der Waals surface area (Å²) in [5.74, 6) is 0.334. The fourth-order valence-electron chi connectivity index (χ4n) is 1.27. The van der Waals surface area contributed by atoms with Crippen LogP contribution in [0, 0.1) is 0 Å². The Labute approximate surface area is 141 Å². The first-order valence-corrected chi connectivity index (χ1v) is 11.5. The minimum Gasteiger partial charge on any atom is -0.411 e. The van der Waals surface area contributed by atoms with E-state index in [1.807, 2.05) is 13.8 Å². The Morgan fingerprint density at radius 2 is 2.05 bits per heavy atom. The highest BCUT2D eigenvalue weighted by atomic mass is 35.5. The molecular weight excluding hydrogens is 380 g/mol. The first-order chi connectivity index (χ1) is 9.45. The first-order valence-electron chi connectivity index (χ1n) is 5.65. The van der Waals surface area contributed by atoms with Crippen molar-refractivity contribution < 1.29 is 14.3 Å². The van der Waals surface area contributed by atoms with Crippen LogP contribution in [0.25, 0.3) is 0 Å². The van der Waals surface area contributed by atoms with Gasteiger partial charge in [-0.05, 0) is 31.7 Å². The van der Waals surface area contributed by atoms with E-state index in [9.17, 15) is 0 Å². The van der Waals surface area contributed by atoms with Crippen molar-refractivity contribution in [2.24, 2.45) is 5.16 Å². The average Bonchev–Trinajstić information content (AvgIpc) is 2.70. The predicted molar refractivity (Wildman–Crippen MR) is 92.7 cm³/mol. The molecule has 4 nitrogen and oxygen atoms in total. The Hall–Kier alpha value is 0.670. The number of nitrogens with zero attached hydrogens (tertiary/aromatic N) is 1. The number of halogens is 2. The standard InChI is InChI=1S/C10H14Cl2NO3PS3/c1-3-15-17(18,16-4-2)19-6-8(13-14)7-5-9(11)20-10(7)12/h5,14H,3-4,6H2,1-2H3/b13-8-. The van der Waals surface area contributed by atoms with Gasteiger partial charge in [0.05, 0.1) is 23.3 Å². The smallest absolute Gasteiger partial charge is 0.247 e. The van der Waals surface area contributed by atoms with Crippen molar-refractivity contribution in [3.63, 3.8) is 0 Å². The van der Waals surface area contributed by atoms with Crippen LogP contribution < -0.4 is 0 Å². The van der Waals surface area contributed by atoms with Crippen LogP contribution in [0.1, 0.15) is 19.4 Å². The first kappa shape index (κ1) is 18.7. The van der Waals surface area contributed by atoms with E-state index < -0.39 is 5.69 Å². The van der Waals surface area contributed by atoms with E-state index in [-0.39, 0.29) is 0 Å². The molecule has 0 saturated carbocycles. The molecule has 0 unspecified atom stereocenters. The molecule has 114 valence electrons. The van der Waals surface area contributed by atoms with Crippen LogP contribution in [-0.4, -0.2) is 29.9 Å². The second kappa shape index (κ2) is 8.96. The van der Waals surface area contributed by atoms with E-state index in [0.717, 1.165) is 0 Å². The average molecular weight is 394 g/mol. The highest BCUT2D eigenvalue weighted by Crippen LogP contribution is 2.61. The largest absolute Gasteiger partial charge is 0.411 e. The number of thiophene rings is 1. The van der Waals surface area contributed by atoms with Crippen molar-refractivity contribution in [3.8, 4) is 0 Å². The summed E-state index contributed by atoms with van der Waals surface area (Å²) in [5, 5.41) is 12.4. The lowest BCUT2D eigenvalue weighted by Gasteiger charge is -2.19. The molecule has 0 aliphatic carbocycles. The Morgan fingerprint density at radius 3 is 2.45 bits per heavy atom. The van der Waals surface area contributed by atoms with E-state index >= 15 is 0 Å². The second-order valence-electron chi connectivity index (χ2n) is 3.34. The molecule has 1 rings (SSSR count). The number of hydrogen-bond donors (Lipinski definition) is 1. The summed E-state index contributed by atoms with van der Waals surface area (Å²) in [4.78, 5) is 0. The van der Waals surface area contributed by atoms with Gasteiger partial charge in [0.25, 0.3) is 0 Å². The topological polar surface area (TPSA) is 51.0 Å². The molecule has 0 bridgehead atoms. The molecule has 0 aromatic carbocycles. The van der Waals surface area contributed by atoms with Gasteiger partial charge in [0.2, 0.25) is 5.69 Å². The molecule has 0 spiro atoms. The SMILES string of the molecule is CCOP(=S)(OCC)SC/C(=N/O)c1cc(Cl)sc1Cl. The monoisotopic (exact) mass is 393 g/mol. The second-order valence-corrected chi connectivity index (χ2v) is 11.9. The summed E-state index contributed by atoms with van der Waals surface area (Å²) < 4.78 is 12.0. The summed E-state index contributed by atoms with van der Waals surface area (Å²) in [6.07, 6.45) is 0. The molecule has 0 radical (unpaired) electrons. The lowest BCUT2D eigenvalue weighted by atomic mass is 10.2. The fourth-order valence-corrected chi connectivity index (χ4v) is 7.15. The maximum absolute atomic E-state index is 9.14. The third kappa shape index (κ3) is 5.46. The molecular formula is C10H14Cl2NO3PS3. The molecule has 20 heavy (non-hydrogen) atoms. The van der Waals surface area contributed by atoms with Crippen LogP contribution >= 0.6 is 51.6 Å². The van der Waals surface area contributed by atoms with Gasteiger partial charge in [0, 0.05) is 11.3 Å². The summed E-state index contributed by atoms with van der Waals surface area (Å²) in [7, 11) is 0. The van der Waals surface area contributed by atoms with Crippen LogP contribution in [0.3, 0.4) is 0 Å². The van der Waals surface area contributed by atoms with Crippen LogP contribution in [0.2, 0.25) is 8.67 Å². The lowest BCUT2D eigenvalue weighted by Crippen LogP contribution is -2.05. The third-order valence-electron chi connectivity index (χ3n) is 2.02. The van der Waals surface area contributed by atoms with Gasteiger partial charge in [0.15, 0.2) is 0 Å². The number of oxime groups is 1. The maximum atomic E-state index is 9.14.